The maximum absolute atomic E-state index is 6.87. The minimum absolute atomic E-state index is 0.00497. The number of aryl methyl sites for hydroxylation is 1. The molecule has 0 saturated heterocycles. The molecule has 2 aliphatic carbocycles. The van der Waals surface area contributed by atoms with E-state index in [1.165, 1.54) is 37.2 Å². The van der Waals surface area contributed by atoms with Gasteiger partial charge in [0, 0.05) is 54.3 Å². The van der Waals surface area contributed by atoms with Crippen molar-refractivity contribution in [3.63, 3.8) is 0 Å². The van der Waals surface area contributed by atoms with Crippen molar-refractivity contribution in [3.8, 4) is 5.75 Å². The van der Waals surface area contributed by atoms with Gasteiger partial charge >= 0.3 is 0 Å². The Balaban J connectivity index is 0.987. The van der Waals surface area contributed by atoms with Crippen molar-refractivity contribution in [1.82, 2.24) is 5.32 Å². The van der Waals surface area contributed by atoms with Gasteiger partial charge in [0.2, 0.25) is 0 Å². The number of hydrogen-bond donors (Lipinski definition) is 1. The molecule has 1 N–H and O–H groups in total. The normalized spacial score (nSPS) is 19.1. The van der Waals surface area contributed by atoms with Crippen LogP contribution in [-0.2, 0) is 6.42 Å². The average Bonchev–Trinajstić information content (AvgIpc) is 3.83. The molecule has 0 saturated carbocycles. The lowest BCUT2D eigenvalue weighted by atomic mass is 9.78. The maximum atomic E-state index is 6.87. The van der Waals surface area contributed by atoms with E-state index in [0.717, 1.165) is 63.9 Å². The molecule has 55 heavy (non-hydrogen) atoms. The highest BCUT2D eigenvalue weighted by Gasteiger charge is 2.43. The van der Waals surface area contributed by atoms with Crippen molar-refractivity contribution in [2.45, 2.75) is 30.9 Å². The van der Waals surface area contributed by atoms with Gasteiger partial charge in [-0.1, -0.05) is 121 Å². The first-order valence-corrected chi connectivity index (χ1v) is 19.9. The van der Waals surface area contributed by atoms with Gasteiger partial charge in [-0.15, -0.1) is 11.3 Å². The highest BCUT2D eigenvalue weighted by molar-refractivity contribution is 7.19. The summed E-state index contributed by atoms with van der Waals surface area (Å²) < 4.78 is 8.22. The molecule has 3 atom stereocenters. The number of fused-ring (bicyclic) bond motifs is 7. The molecule has 0 amide bonds. The van der Waals surface area contributed by atoms with Gasteiger partial charge in [0.25, 0.3) is 0 Å². The Morgan fingerprint density at radius 3 is 2.24 bits per heavy atom. The Labute approximate surface area is 325 Å². The number of benzene rings is 6. The van der Waals surface area contributed by atoms with Gasteiger partial charge in [0.1, 0.15) is 17.7 Å². The third-order valence-corrected chi connectivity index (χ3v) is 12.6. The molecule has 0 radical (unpaired) electrons. The minimum atomic E-state index is -0.189. The molecular formula is C50H37N3OS. The van der Waals surface area contributed by atoms with E-state index < -0.39 is 0 Å². The highest BCUT2D eigenvalue weighted by atomic mass is 32.1. The molecule has 0 fully saturated rings. The minimum Gasteiger partial charge on any atom is -0.484 e. The van der Waals surface area contributed by atoms with E-state index in [9.17, 15) is 0 Å². The summed E-state index contributed by atoms with van der Waals surface area (Å²) in [4.78, 5) is 9.10. The van der Waals surface area contributed by atoms with Gasteiger partial charge in [0.15, 0.2) is 0 Å². The molecule has 2 aliphatic heterocycles. The molecule has 0 bridgehead atoms. The fraction of sp³-hybridized carbons (Fsp3) is 0.100. The summed E-state index contributed by atoms with van der Waals surface area (Å²) in [6.07, 6.45) is 11.2. The smallest absolute Gasteiger partial charge is 0.135 e. The van der Waals surface area contributed by atoms with Crippen LogP contribution in [-0.4, -0.2) is 11.9 Å². The first-order chi connectivity index (χ1) is 27.3. The van der Waals surface area contributed by atoms with E-state index >= 15 is 0 Å². The van der Waals surface area contributed by atoms with Gasteiger partial charge in [0.05, 0.1) is 17.6 Å². The van der Waals surface area contributed by atoms with Crippen LogP contribution in [0.15, 0.2) is 180 Å². The Morgan fingerprint density at radius 2 is 1.38 bits per heavy atom. The summed E-state index contributed by atoms with van der Waals surface area (Å²) in [5.74, 6) is 1.81. The second kappa shape index (κ2) is 13.2. The van der Waals surface area contributed by atoms with Gasteiger partial charge < -0.3 is 15.0 Å². The summed E-state index contributed by atoms with van der Waals surface area (Å²) in [6.45, 7) is 0. The number of aliphatic imine (C=N–C) groups is 1. The highest BCUT2D eigenvalue weighted by Crippen LogP contribution is 2.50. The molecule has 4 aliphatic rings. The Hall–Kier alpha value is -6.43. The van der Waals surface area contributed by atoms with Crippen LogP contribution in [0.2, 0.25) is 0 Å². The van der Waals surface area contributed by atoms with E-state index in [1.54, 1.807) is 0 Å². The third kappa shape index (κ3) is 5.45. The summed E-state index contributed by atoms with van der Waals surface area (Å²) >= 11 is 1.93. The zero-order chi connectivity index (χ0) is 36.3. The van der Waals surface area contributed by atoms with Crippen molar-refractivity contribution in [2.75, 3.05) is 4.90 Å². The molecule has 264 valence electrons. The van der Waals surface area contributed by atoms with Crippen molar-refractivity contribution < 1.29 is 4.74 Å². The molecule has 5 heteroatoms. The van der Waals surface area contributed by atoms with Crippen LogP contribution in [0.25, 0.3) is 21.7 Å². The van der Waals surface area contributed by atoms with Crippen LogP contribution in [0.1, 0.15) is 51.1 Å². The summed E-state index contributed by atoms with van der Waals surface area (Å²) in [7, 11) is 0. The van der Waals surface area contributed by atoms with Crippen LogP contribution in [0.4, 0.5) is 22.7 Å². The molecule has 3 unspecified atom stereocenters. The average molecular weight is 728 g/mol. The van der Waals surface area contributed by atoms with Crippen molar-refractivity contribution in [1.29, 1.82) is 0 Å². The molecule has 3 heterocycles. The van der Waals surface area contributed by atoms with Crippen LogP contribution >= 0.6 is 11.3 Å². The molecule has 11 rings (SSSR count). The van der Waals surface area contributed by atoms with E-state index in [2.05, 4.69) is 186 Å². The predicted molar refractivity (Wildman–Crippen MR) is 228 cm³/mol. The SMILES string of the molecule is C1=Cc2c(sc3ccc(N(c4ccccc4)c4ccc(C5=CC=C(C6=Nc7ccccc7C(c7ccccc7)N6)C6c7ccccc7OC56)cc4)cc23)CC1. The molecular weight excluding hydrogens is 691 g/mol. The van der Waals surface area contributed by atoms with Crippen molar-refractivity contribution in [3.05, 3.63) is 208 Å². The van der Waals surface area contributed by atoms with Gasteiger partial charge in [-0.25, -0.2) is 4.99 Å². The first kappa shape index (κ1) is 32.0. The lowest BCUT2D eigenvalue weighted by Gasteiger charge is -2.33. The number of amidine groups is 1. The van der Waals surface area contributed by atoms with E-state index in [1.807, 2.05) is 11.3 Å². The number of hydrogen-bond acceptors (Lipinski definition) is 5. The number of nitrogens with one attached hydrogen (secondary N) is 1. The third-order valence-electron chi connectivity index (χ3n) is 11.4. The number of ether oxygens (including phenoxy) is 1. The maximum Gasteiger partial charge on any atom is 0.135 e. The number of thiophene rings is 1. The topological polar surface area (TPSA) is 36.9 Å². The Bertz CT molecular complexity index is 2720. The molecule has 6 aromatic carbocycles. The first-order valence-electron chi connectivity index (χ1n) is 19.1. The van der Waals surface area contributed by atoms with E-state index in [4.69, 9.17) is 9.73 Å². The lowest BCUT2D eigenvalue weighted by molar-refractivity contribution is 0.276. The summed E-state index contributed by atoms with van der Waals surface area (Å²) in [6, 6.07) is 54.2. The monoisotopic (exact) mass is 727 g/mol. The van der Waals surface area contributed by atoms with Crippen molar-refractivity contribution in [2.24, 2.45) is 4.99 Å². The Morgan fingerprint density at radius 1 is 0.673 bits per heavy atom. The van der Waals surface area contributed by atoms with Crippen LogP contribution < -0.4 is 15.0 Å². The quantitative estimate of drug-likeness (QED) is 0.185. The van der Waals surface area contributed by atoms with Gasteiger partial charge in [-0.3, -0.25) is 0 Å². The number of para-hydroxylation sites is 3. The summed E-state index contributed by atoms with van der Waals surface area (Å²) in [5.41, 5.74) is 12.8. The zero-order valence-corrected chi connectivity index (χ0v) is 30.9. The van der Waals surface area contributed by atoms with Crippen molar-refractivity contribution >= 4 is 61.7 Å². The second-order valence-electron chi connectivity index (χ2n) is 14.6. The lowest BCUT2D eigenvalue weighted by Crippen LogP contribution is -2.37. The molecule has 7 aromatic rings. The number of nitrogens with zero attached hydrogens (tertiary/aromatic N) is 2. The molecule has 1 aromatic heterocycles. The zero-order valence-electron chi connectivity index (χ0n) is 30.1. The van der Waals surface area contributed by atoms with Crippen LogP contribution in [0.5, 0.6) is 5.75 Å². The van der Waals surface area contributed by atoms with E-state index in [-0.39, 0.29) is 18.1 Å². The van der Waals surface area contributed by atoms with Gasteiger partial charge in [-0.05, 0) is 84.1 Å². The summed E-state index contributed by atoms with van der Waals surface area (Å²) in [5, 5.41) is 5.19. The number of allylic oxidation sites excluding steroid dienone is 3. The fourth-order valence-corrected chi connectivity index (χ4v) is 10.0. The predicted octanol–water partition coefficient (Wildman–Crippen LogP) is 12.6. The molecule has 4 nitrogen and oxygen atoms in total. The van der Waals surface area contributed by atoms with E-state index in [0.29, 0.717) is 0 Å². The standard InChI is InChI=1S/C50H37N3OS/c1-3-13-33(14-4-1)48-39-18-7-10-20-43(39)51-50(52-48)41-29-28-37(49-47(41)40-19-8-11-21-44(40)54-49)32-23-25-35(26-24-32)53(34-15-5-2-6-16-34)36-27-30-46-42(31-36)38-17-9-12-22-45(38)55-46/h1-11,13-21,23-31,47-49H,12,22H2,(H,51,52). The van der Waals surface area contributed by atoms with Crippen LogP contribution in [0, 0.1) is 0 Å². The number of rotatable bonds is 6. The fourth-order valence-electron chi connectivity index (χ4n) is 8.81. The van der Waals surface area contributed by atoms with Crippen LogP contribution in [0.3, 0.4) is 0 Å². The second-order valence-corrected chi connectivity index (χ2v) is 15.7. The van der Waals surface area contributed by atoms with Gasteiger partial charge in [-0.2, -0.15) is 0 Å². The molecule has 0 spiro atoms. The largest absolute Gasteiger partial charge is 0.484 e. The number of anilines is 3. The Kier molecular flexibility index (Phi) is 7.66.